The number of hydrogen-bond donors (Lipinski definition) is 0. The van der Waals surface area contributed by atoms with Crippen LogP contribution in [0.3, 0.4) is 0 Å². The molecule has 1 aromatic rings. The van der Waals surface area contributed by atoms with Gasteiger partial charge in [-0.15, -0.1) is 0 Å². The fourth-order valence-electron chi connectivity index (χ4n) is 3.94. The van der Waals surface area contributed by atoms with Gasteiger partial charge < -0.3 is 4.57 Å². The van der Waals surface area contributed by atoms with Crippen LogP contribution in [0.4, 0.5) is 4.79 Å². The highest BCUT2D eigenvalue weighted by molar-refractivity contribution is 7.91. The summed E-state index contributed by atoms with van der Waals surface area (Å²) in [6, 6.07) is 0.628. The topological polar surface area (TPSA) is 114 Å². The number of carbonyl (C=O) groups excluding carboxylic acids is 4. The Balaban J connectivity index is 1.83. The Morgan fingerprint density at radius 3 is 2.36 bits per heavy atom. The number of amides is 4. The zero-order valence-electron chi connectivity index (χ0n) is 16.1. The molecule has 1 aromatic heterocycles. The third kappa shape index (κ3) is 3.36. The molecule has 28 heavy (non-hydrogen) atoms. The van der Waals surface area contributed by atoms with E-state index >= 15 is 0 Å². The average molecular weight is 409 g/mol. The molecule has 0 bridgehead atoms. The summed E-state index contributed by atoms with van der Waals surface area (Å²) < 4.78 is 25.4. The molecule has 2 saturated heterocycles. The number of aryl methyl sites for hydroxylation is 1. The van der Waals surface area contributed by atoms with Gasteiger partial charge in [0.15, 0.2) is 15.6 Å². The number of urea groups is 1. The van der Waals surface area contributed by atoms with Crippen molar-refractivity contribution < 1.29 is 27.6 Å². The van der Waals surface area contributed by atoms with Gasteiger partial charge in [-0.1, -0.05) is 6.92 Å². The summed E-state index contributed by atoms with van der Waals surface area (Å²) >= 11 is 0. The van der Waals surface area contributed by atoms with E-state index in [0.717, 1.165) is 10.6 Å². The minimum atomic E-state index is -3.09. The van der Waals surface area contributed by atoms with Crippen molar-refractivity contribution in [2.24, 2.45) is 0 Å². The van der Waals surface area contributed by atoms with Gasteiger partial charge in [-0.3, -0.25) is 19.3 Å². The first-order chi connectivity index (χ1) is 13.1. The van der Waals surface area contributed by atoms with E-state index in [0.29, 0.717) is 29.0 Å². The molecular weight excluding hydrogens is 386 g/mol. The highest BCUT2D eigenvalue weighted by Crippen LogP contribution is 2.29. The summed E-state index contributed by atoms with van der Waals surface area (Å²) in [6.45, 7) is 4.88. The third-order valence-electron chi connectivity index (χ3n) is 5.24. The number of sulfone groups is 1. The zero-order chi connectivity index (χ0) is 20.8. The number of hydrogen-bond acceptors (Lipinski definition) is 6. The third-order valence-corrected chi connectivity index (χ3v) is 6.99. The first kappa shape index (κ1) is 20.2. The molecular formula is C18H23N3O6S. The average Bonchev–Trinajstić information content (AvgIpc) is 3.19. The van der Waals surface area contributed by atoms with E-state index in [2.05, 4.69) is 0 Å². The fraction of sp³-hybridized carbons (Fsp3) is 0.556. The quantitative estimate of drug-likeness (QED) is 0.391. The van der Waals surface area contributed by atoms with E-state index in [1.165, 1.54) is 0 Å². The van der Waals surface area contributed by atoms with Crippen LogP contribution in [0.2, 0.25) is 0 Å². The number of imide groups is 2. The van der Waals surface area contributed by atoms with Crippen LogP contribution in [0.5, 0.6) is 0 Å². The van der Waals surface area contributed by atoms with E-state index in [1.54, 1.807) is 26.8 Å². The normalized spacial score (nSPS) is 21.8. The van der Waals surface area contributed by atoms with Crippen LogP contribution in [0.1, 0.15) is 47.6 Å². The summed E-state index contributed by atoms with van der Waals surface area (Å²) in [4.78, 5) is 50.6. The fourth-order valence-corrected chi connectivity index (χ4v) is 5.64. The minimum Gasteiger partial charge on any atom is -0.344 e. The van der Waals surface area contributed by atoms with Crippen molar-refractivity contribution >= 4 is 33.5 Å². The molecule has 0 N–H and O–H groups in total. The van der Waals surface area contributed by atoms with Gasteiger partial charge in [-0.2, -0.15) is 0 Å². The van der Waals surface area contributed by atoms with Crippen LogP contribution in [-0.4, -0.2) is 71.0 Å². The molecule has 0 saturated carbocycles. The summed E-state index contributed by atoms with van der Waals surface area (Å²) in [5.41, 5.74) is 1.66. The summed E-state index contributed by atoms with van der Waals surface area (Å²) in [5.74, 6) is -2.23. The highest BCUT2D eigenvalue weighted by atomic mass is 32.2. The van der Waals surface area contributed by atoms with E-state index in [4.69, 9.17) is 0 Å². The molecule has 4 amide bonds. The van der Waals surface area contributed by atoms with E-state index in [9.17, 15) is 27.6 Å². The maximum absolute atomic E-state index is 12.8. The Bertz CT molecular complexity index is 978. The second-order valence-corrected chi connectivity index (χ2v) is 9.49. The van der Waals surface area contributed by atoms with Gasteiger partial charge in [0.05, 0.1) is 18.1 Å². The molecule has 2 aliphatic rings. The molecule has 3 heterocycles. The Hall–Kier alpha value is -2.49. The van der Waals surface area contributed by atoms with Gasteiger partial charge in [-0.05, 0) is 32.8 Å². The van der Waals surface area contributed by atoms with Crippen molar-refractivity contribution in [1.82, 2.24) is 14.4 Å². The molecule has 2 fully saturated rings. The highest BCUT2D eigenvalue weighted by Gasteiger charge is 2.45. The van der Waals surface area contributed by atoms with Gasteiger partial charge in [0, 0.05) is 29.5 Å². The van der Waals surface area contributed by atoms with Crippen LogP contribution in [0.15, 0.2) is 6.07 Å². The predicted molar refractivity (Wildman–Crippen MR) is 99.7 cm³/mol. The lowest BCUT2D eigenvalue weighted by atomic mass is 10.1. The van der Waals surface area contributed by atoms with E-state index < -0.39 is 40.0 Å². The molecule has 152 valence electrons. The number of aromatic nitrogens is 1. The van der Waals surface area contributed by atoms with Crippen molar-refractivity contribution in [3.63, 3.8) is 0 Å². The van der Waals surface area contributed by atoms with Gasteiger partial charge in [-0.25, -0.2) is 18.1 Å². The SMILES string of the molecule is CCCN1C(=O)C(=O)N(CC(=O)c2cc(C)n([C@@H]3CCS(=O)(=O)C3)c2C)C1=O. The molecule has 0 spiro atoms. The molecule has 10 heteroatoms. The molecule has 0 radical (unpaired) electrons. The maximum Gasteiger partial charge on any atom is 0.334 e. The number of ketones is 1. The van der Waals surface area contributed by atoms with Crippen molar-refractivity contribution in [3.8, 4) is 0 Å². The van der Waals surface area contributed by atoms with Crippen molar-refractivity contribution in [1.29, 1.82) is 0 Å². The number of nitrogens with zero attached hydrogens (tertiary/aromatic N) is 3. The molecule has 3 rings (SSSR count). The molecule has 9 nitrogen and oxygen atoms in total. The Kier molecular flexibility index (Phi) is 5.18. The van der Waals surface area contributed by atoms with Crippen LogP contribution in [0.25, 0.3) is 0 Å². The smallest absolute Gasteiger partial charge is 0.334 e. The second kappa shape index (κ2) is 7.16. The lowest BCUT2D eigenvalue weighted by Crippen LogP contribution is -2.37. The van der Waals surface area contributed by atoms with Crippen molar-refractivity contribution in [2.75, 3.05) is 24.6 Å². The standard InChI is InChI=1S/C18H23N3O6S/c1-4-6-19-16(23)17(24)20(18(19)25)9-15(22)14-8-11(2)21(12(14)3)13-5-7-28(26,27)10-13/h8,13H,4-7,9-10H2,1-3H3/t13-/m1/s1. The number of rotatable bonds is 6. The first-order valence-electron chi connectivity index (χ1n) is 9.16. The minimum absolute atomic E-state index is 0.0283. The van der Waals surface area contributed by atoms with Crippen LogP contribution in [-0.2, 0) is 19.4 Å². The Labute approximate surface area is 163 Å². The second-order valence-electron chi connectivity index (χ2n) is 7.27. The summed E-state index contributed by atoms with van der Waals surface area (Å²) in [7, 11) is -3.09. The van der Waals surface area contributed by atoms with Crippen LogP contribution < -0.4 is 0 Å². The molecule has 0 unspecified atom stereocenters. The van der Waals surface area contributed by atoms with Crippen molar-refractivity contribution in [3.05, 3.63) is 23.0 Å². The first-order valence-corrected chi connectivity index (χ1v) is 11.0. The number of carbonyl (C=O) groups is 4. The van der Waals surface area contributed by atoms with Gasteiger partial charge in [0.2, 0.25) is 0 Å². The molecule has 0 aromatic carbocycles. The van der Waals surface area contributed by atoms with Gasteiger partial charge in [0.25, 0.3) is 0 Å². The maximum atomic E-state index is 12.8. The predicted octanol–water partition coefficient (Wildman–Crippen LogP) is 0.848. The Morgan fingerprint density at radius 1 is 1.14 bits per heavy atom. The Morgan fingerprint density at radius 2 is 1.79 bits per heavy atom. The van der Waals surface area contributed by atoms with E-state index in [1.807, 2.05) is 4.57 Å². The lowest BCUT2D eigenvalue weighted by molar-refractivity contribution is -0.143. The van der Waals surface area contributed by atoms with Crippen LogP contribution in [0, 0.1) is 13.8 Å². The summed E-state index contributed by atoms with van der Waals surface area (Å²) in [6.07, 6.45) is 0.994. The lowest BCUT2D eigenvalue weighted by Gasteiger charge is -2.17. The number of Topliss-reactive ketones (excluding diaryl/α,β-unsaturated/α-hetero) is 1. The van der Waals surface area contributed by atoms with Gasteiger partial charge >= 0.3 is 17.8 Å². The largest absolute Gasteiger partial charge is 0.344 e. The molecule has 0 aliphatic carbocycles. The van der Waals surface area contributed by atoms with Crippen LogP contribution >= 0.6 is 0 Å². The van der Waals surface area contributed by atoms with Crippen molar-refractivity contribution in [2.45, 2.75) is 39.7 Å². The monoisotopic (exact) mass is 409 g/mol. The van der Waals surface area contributed by atoms with E-state index in [-0.39, 0.29) is 24.1 Å². The molecule has 2 aliphatic heterocycles. The zero-order valence-corrected chi connectivity index (χ0v) is 16.9. The van der Waals surface area contributed by atoms with Gasteiger partial charge in [0.1, 0.15) is 0 Å². The molecule has 1 atom stereocenters. The summed E-state index contributed by atoms with van der Waals surface area (Å²) in [5, 5.41) is 0.